The summed E-state index contributed by atoms with van der Waals surface area (Å²) in [6.07, 6.45) is 2.14. The highest BCUT2D eigenvalue weighted by Crippen LogP contribution is 2.37. The van der Waals surface area contributed by atoms with Gasteiger partial charge in [-0.05, 0) is 25.7 Å². The minimum absolute atomic E-state index is 0.00371. The molecule has 1 aliphatic carbocycles. The van der Waals surface area contributed by atoms with Gasteiger partial charge in [0.15, 0.2) is 5.84 Å². The first kappa shape index (κ1) is 17.7. The summed E-state index contributed by atoms with van der Waals surface area (Å²) in [7, 11) is 0. The van der Waals surface area contributed by atoms with Gasteiger partial charge in [0.05, 0.1) is 10.0 Å². The van der Waals surface area contributed by atoms with Gasteiger partial charge in [0.2, 0.25) is 0 Å². The van der Waals surface area contributed by atoms with Crippen molar-refractivity contribution < 1.29 is 18.3 Å². The van der Waals surface area contributed by atoms with Crippen molar-refractivity contribution in [1.29, 1.82) is 0 Å². The first-order valence-electron chi connectivity index (χ1n) is 6.86. The Morgan fingerprint density at radius 3 is 2.43 bits per heavy atom. The van der Waals surface area contributed by atoms with Crippen LogP contribution in [0.4, 0.5) is 14.5 Å². The minimum Gasteiger partial charge on any atom is -0.435 e. The third-order valence-electron chi connectivity index (χ3n) is 3.37. The van der Waals surface area contributed by atoms with Crippen molar-refractivity contribution in [2.45, 2.75) is 32.4 Å². The van der Waals surface area contributed by atoms with Crippen LogP contribution in [0.15, 0.2) is 17.1 Å². The number of nitrogens with one attached hydrogen (secondary N) is 1. The number of hydrogen-bond acceptors (Lipinski definition) is 3. The quantitative estimate of drug-likeness (QED) is 0.619. The summed E-state index contributed by atoms with van der Waals surface area (Å²) in [6.45, 7) is -1.12. The van der Waals surface area contributed by atoms with Crippen LogP contribution in [0.1, 0.15) is 19.8 Å². The molecular weight excluding hydrogens is 351 g/mol. The summed E-state index contributed by atoms with van der Waals surface area (Å²) in [5.74, 6) is -0.600. The average molecular weight is 366 g/mol. The number of benzene rings is 1. The fraction of sp³-hybridized carbons (Fsp3) is 0.429. The highest BCUT2D eigenvalue weighted by molar-refractivity contribution is 6.41. The maximum atomic E-state index is 12.2. The van der Waals surface area contributed by atoms with Gasteiger partial charge >= 0.3 is 6.61 Å². The second kappa shape index (κ2) is 7.31. The molecule has 2 rings (SSSR count). The molecule has 23 heavy (non-hydrogen) atoms. The van der Waals surface area contributed by atoms with E-state index in [4.69, 9.17) is 28.9 Å². The Morgan fingerprint density at radius 1 is 1.39 bits per heavy atom. The minimum atomic E-state index is -3.00. The molecule has 1 aliphatic rings. The van der Waals surface area contributed by atoms with Crippen molar-refractivity contribution in [3.8, 4) is 5.75 Å². The number of ether oxygens (including phenoxy) is 1. The molecule has 0 bridgehead atoms. The van der Waals surface area contributed by atoms with Gasteiger partial charge in [-0.25, -0.2) is 4.99 Å². The number of aliphatic imine (C=N–C) groups is 1. The Kier molecular flexibility index (Phi) is 5.64. The molecule has 0 spiro atoms. The number of carbonyl (C=O) groups excluding carboxylic acids is 1. The molecule has 0 aliphatic heterocycles. The molecule has 0 unspecified atom stereocenters. The Hall–Kier alpha value is -1.60. The molecule has 1 aromatic carbocycles. The summed E-state index contributed by atoms with van der Waals surface area (Å²) in [6, 6.07) is 2.25. The van der Waals surface area contributed by atoms with Crippen LogP contribution < -0.4 is 15.8 Å². The predicted molar refractivity (Wildman–Crippen MR) is 84.7 cm³/mol. The molecule has 0 radical (unpaired) electrons. The largest absolute Gasteiger partial charge is 0.435 e. The van der Waals surface area contributed by atoms with Crippen molar-refractivity contribution in [3.63, 3.8) is 0 Å². The van der Waals surface area contributed by atoms with E-state index in [1.54, 1.807) is 0 Å². The fourth-order valence-electron chi connectivity index (χ4n) is 1.99. The molecule has 1 aromatic rings. The zero-order chi connectivity index (χ0) is 17.1. The van der Waals surface area contributed by atoms with E-state index >= 15 is 0 Å². The van der Waals surface area contributed by atoms with E-state index in [2.05, 4.69) is 15.0 Å². The number of carbonyl (C=O) groups is 1. The van der Waals surface area contributed by atoms with Gasteiger partial charge in [0, 0.05) is 18.2 Å². The lowest BCUT2D eigenvalue weighted by Crippen LogP contribution is -2.42. The number of rotatable bonds is 5. The summed E-state index contributed by atoms with van der Waals surface area (Å²) >= 11 is 11.9. The highest BCUT2D eigenvalue weighted by Gasteiger charge is 2.29. The van der Waals surface area contributed by atoms with Crippen molar-refractivity contribution in [2.75, 3.05) is 0 Å². The van der Waals surface area contributed by atoms with Crippen molar-refractivity contribution in [1.82, 2.24) is 5.32 Å². The van der Waals surface area contributed by atoms with Crippen LogP contribution in [-0.2, 0) is 4.79 Å². The molecule has 1 fully saturated rings. The van der Waals surface area contributed by atoms with Crippen LogP contribution in [-0.4, -0.2) is 24.4 Å². The van der Waals surface area contributed by atoms with Crippen molar-refractivity contribution >= 4 is 40.6 Å². The average Bonchev–Trinajstić information content (AvgIpc) is 3.26. The smallest absolute Gasteiger partial charge is 0.387 e. The molecule has 1 atom stereocenters. The van der Waals surface area contributed by atoms with Gasteiger partial charge in [-0.1, -0.05) is 23.2 Å². The third-order valence-corrected chi connectivity index (χ3v) is 3.94. The number of hydrogen-bond donors (Lipinski definition) is 2. The Labute approximate surface area is 141 Å². The van der Waals surface area contributed by atoms with E-state index in [1.807, 2.05) is 6.92 Å². The maximum Gasteiger partial charge on any atom is 0.387 e. The van der Waals surface area contributed by atoms with Crippen molar-refractivity contribution in [2.24, 2.45) is 16.6 Å². The molecule has 0 saturated heterocycles. The molecule has 1 amide bonds. The van der Waals surface area contributed by atoms with E-state index in [9.17, 15) is 13.6 Å². The first-order valence-corrected chi connectivity index (χ1v) is 7.62. The van der Waals surface area contributed by atoms with Crippen LogP contribution >= 0.6 is 23.2 Å². The first-order chi connectivity index (χ1) is 10.8. The van der Waals surface area contributed by atoms with E-state index in [0.29, 0.717) is 5.92 Å². The van der Waals surface area contributed by atoms with Gasteiger partial charge < -0.3 is 15.8 Å². The molecule has 9 heteroatoms. The second-order valence-electron chi connectivity index (χ2n) is 5.21. The molecule has 126 valence electrons. The molecule has 5 nitrogen and oxygen atoms in total. The zero-order valence-electron chi connectivity index (χ0n) is 12.2. The monoisotopic (exact) mass is 365 g/mol. The highest BCUT2D eigenvalue weighted by atomic mass is 35.5. The molecule has 0 heterocycles. The number of amides is 1. The van der Waals surface area contributed by atoms with E-state index in [0.717, 1.165) is 25.0 Å². The van der Waals surface area contributed by atoms with E-state index in [1.165, 1.54) is 0 Å². The van der Waals surface area contributed by atoms with Gasteiger partial charge in [-0.15, -0.1) is 0 Å². The van der Waals surface area contributed by atoms with Gasteiger partial charge in [0.1, 0.15) is 11.4 Å². The standard InChI is InChI=1S/C14H15Cl2F2N3O2/c1-6(7-2-3-7)20-13(22)12(19)21-11-9(15)4-8(5-10(11)16)23-14(17)18/h4-7,14H,2-3H2,1H3,(H2,19,21)(H,20,22)/t6-/m0/s1. The fourth-order valence-corrected chi connectivity index (χ4v) is 2.54. The van der Waals surface area contributed by atoms with E-state index < -0.39 is 12.5 Å². The van der Waals surface area contributed by atoms with Gasteiger partial charge in [0.25, 0.3) is 5.91 Å². The zero-order valence-corrected chi connectivity index (χ0v) is 13.7. The Morgan fingerprint density at radius 2 is 1.96 bits per heavy atom. The normalized spacial score (nSPS) is 16.3. The SMILES string of the molecule is C[C@H](NC(=O)C(N)=Nc1c(Cl)cc(OC(F)F)cc1Cl)C1CC1. The predicted octanol–water partition coefficient (Wildman–Crippen LogP) is 3.50. The van der Waals surface area contributed by atoms with Crippen LogP contribution in [0.2, 0.25) is 10.0 Å². The Bertz CT molecular complexity index is 613. The third kappa shape index (κ3) is 4.94. The summed E-state index contributed by atoms with van der Waals surface area (Å²) in [4.78, 5) is 15.8. The second-order valence-corrected chi connectivity index (χ2v) is 6.03. The van der Waals surface area contributed by atoms with Crippen molar-refractivity contribution in [3.05, 3.63) is 22.2 Å². The topological polar surface area (TPSA) is 76.7 Å². The lowest BCUT2D eigenvalue weighted by atomic mass is 10.2. The van der Waals surface area contributed by atoms with Crippen LogP contribution in [0.25, 0.3) is 0 Å². The summed E-state index contributed by atoms with van der Waals surface area (Å²) in [5.41, 5.74) is 5.66. The number of halogens is 4. The maximum absolute atomic E-state index is 12.2. The number of nitrogens with two attached hydrogens (primary N) is 1. The van der Waals surface area contributed by atoms with Gasteiger partial charge in [-0.3, -0.25) is 4.79 Å². The number of nitrogens with zero attached hydrogens (tertiary/aromatic N) is 1. The van der Waals surface area contributed by atoms with E-state index in [-0.39, 0.29) is 33.4 Å². The van der Waals surface area contributed by atoms with Crippen LogP contribution in [0.5, 0.6) is 5.75 Å². The Balaban J connectivity index is 2.15. The lowest BCUT2D eigenvalue weighted by molar-refractivity contribution is -0.115. The van der Waals surface area contributed by atoms with Crippen LogP contribution in [0.3, 0.4) is 0 Å². The lowest BCUT2D eigenvalue weighted by Gasteiger charge is -2.12. The molecule has 3 N–H and O–H groups in total. The summed E-state index contributed by atoms with van der Waals surface area (Å²) < 4.78 is 28.6. The molecule has 1 saturated carbocycles. The number of alkyl halides is 2. The molecular formula is C14H15Cl2F2N3O2. The molecule has 0 aromatic heterocycles. The summed E-state index contributed by atoms with van der Waals surface area (Å²) in [5, 5.41) is 2.62. The van der Waals surface area contributed by atoms with Gasteiger partial charge in [-0.2, -0.15) is 8.78 Å². The van der Waals surface area contributed by atoms with Crippen LogP contribution in [0, 0.1) is 5.92 Å². The number of amidine groups is 1.